The minimum absolute atomic E-state index is 0.292. The van der Waals surface area contributed by atoms with Crippen LogP contribution in [0, 0.1) is 5.92 Å². The molecule has 0 heterocycles. The van der Waals surface area contributed by atoms with Crippen molar-refractivity contribution < 1.29 is 19.1 Å². The van der Waals surface area contributed by atoms with Crippen LogP contribution in [0.1, 0.15) is 26.7 Å². The molecule has 0 spiro atoms. The fourth-order valence-electron chi connectivity index (χ4n) is 2.82. The van der Waals surface area contributed by atoms with Crippen LogP contribution in [0.3, 0.4) is 0 Å². The van der Waals surface area contributed by atoms with Gasteiger partial charge in [-0.05, 0) is 0 Å². The number of benzene rings is 1. The first kappa shape index (κ1) is 19.0. The standard InChI is InChI=1S/C18H21ClO4Se/c1-4-23-16(20)15-11-12(2)9-10-18(15,17(21)22-3)24-14-7-5-13(19)6-8-14/h5-9,15H,4,10-11H2,1-3H3/t15-,18-/m1/s1. The third-order valence-electron chi connectivity index (χ3n) is 4.06. The van der Waals surface area contributed by atoms with Crippen molar-refractivity contribution in [1.82, 2.24) is 0 Å². The third-order valence-corrected chi connectivity index (χ3v) is 7.44. The monoisotopic (exact) mass is 416 g/mol. The Kier molecular flexibility index (Phi) is 6.50. The third kappa shape index (κ3) is 4.02. The molecular weight excluding hydrogens is 395 g/mol. The molecule has 0 radical (unpaired) electrons. The minimum atomic E-state index is -0.888. The van der Waals surface area contributed by atoms with Gasteiger partial charge in [0.1, 0.15) is 0 Å². The van der Waals surface area contributed by atoms with Gasteiger partial charge in [0, 0.05) is 0 Å². The Morgan fingerprint density at radius 2 is 2.00 bits per heavy atom. The van der Waals surface area contributed by atoms with Gasteiger partial charge < -0.3 is 0 Å². The van der Waals surface area contributed by atoms with Crippen LogP contribution in [0.15, 0.2) is 35.9 Å². The summed E-state index contributed by atoms with van der Waals surface area (Å²) in [5.41, 5.74) is 1.10. The van der Waals surface area contributed by atoms with Crippen LogP contribution >= 0.6 is 11.6 Å². The number of esters is 2. The number of hydrogen-bond acceptors (Lipinski definition) is 4. The van der Waals surface area contributed by atoms with Gasteiger partial charge in [-0.1, -0.05) is 0 Å². The van der Waals surface area contributed by atoms with Crippen LogP contribution in [-0.2, 0) is 19.1 Å². The maximum absolute atomic E-state index is 12.7. The summed E-state index contributed by atoms with van der Waals surface area (Å²) in [6.07, 6.45) is 3.03. The molecule has 1 aliphatic rings. The van der Waals surface area contributed by atoms with Crippen molar-refractivity contribution >= 4 is 43.0 Å². The van der Waals surface area contributed by atoms with Crippen molar-refractivity contribution in [2.75, 3.05) is 13.7 Å². The Hall–Kier alpha value is -1.29. The predicted molar refractivity (Wildman–Crippen MR) is 94.7 cm³/mol. The second-order valence-corrected chi connectivity index (χ2v) is 9.08. The molecule has 24 heavy (non-hydrogen) atoms. The van der Waals surface area contributed by atoms with Crippen molar-refractivity contribution in [3.05, 3.63) is 40.9 Å². The Bertz CT molecular complexity index is 641. The van der Waals surface area contributed by atoms with E-state index in [0.717, 1.165) is 10.0 Å². The van der Waals surface area contributed by atoms with Crippen molar-refractivity contribution in [2.24, 2.45) is 5.92 Å². The van der Waals surface area contributed by atoms with E-state index in [-0.39, 0.29) is 26.9 Å². The molecule has 0 saturated heterocycles. The van der Waals surface area contributed by atoms with Gasteiger partial charge in [-0.3, -0.25) is 0 Å². The van der Waals surface area contributed by atoms with E-state index in [2.05, 4.69) is 0 Å². The zero-order valence-electron chi connectivity index (χ0n) is 14.0. The predicted octanol–water partition coefficient (Wildman–Crippen LogP) is 2.92. The van der Waals surface area contributed by atoms with Gasteiger partial charge in [-0.15, -0.1) is 0 Å². The number of carbonyl (C=O) groups excluding carboxylic acids is 2. The molecule has 0 unspecified atom stereocenters. The van der Waals surface area contributed by atoms with Gasteiger partial charge in [-0.25, -0.2) is 0 Å². The maximum atomic E-state index is 12.7. The molecule has 1 aromatic rings. The van der Waals surface area contributed by atoms with E-state index < -0.39 is 10.2 Å². The Morgan fingerprint density at radius 1 is 1.33 bits per heavy atom. The van der Waals surface area contributed by atoms with Gasteiger partial charge in [0.2, 0.25) is 0 Å². The molecule has 0 aliphatic heterocycles. The summed E-state index contributed by atoms with van der Waals surface area (Å²) in [7, 11) is 1.37. The zero-order valence-corrected chi connectivity index (χ0v) is 16.5. The molecular formula is C18H21ClO4Se. The van der Waals surface area contributed by atoms with Crippen LogP contribution in [0.2, 0.25) is 9.34 Å². The first-order chi connectivity index (χ1) is 11.4. The molecule has 0 amide bonds. The molecule has 0 N–H and O–H groups in total. The van der Waals surface area contributed by atoms with Crippen molar-refractivity contribution in [3.8, 4) is 0 Å². The van der Waals surface area contributed by atoms with Gasteiger partial charge in [0.05, 0.1) is 0 Å². The molecule has 1 aromatic carbocycles. The van der Waals surface area contributed by atoms with E-state index in [9.17, 15) is 9.59 Å². The number of carbonyl (C=O) groups is 2. The van der Waals surface area contributed by atoms with E-state index in [1.165, 1.54) is 7.11 Å². The molecule has 2 atom stereocenters. The molecule has 0 saturated carbocycles. The number of ether oxygens (including phenoxy) is 2. The molecule has 0 aromatic heterocycles. The number of halogens is 1. The summed E-state index contributed by atoms with van der Waals surface area (Å²) < 4.78 is 10.5. The van der Waals surface area contributed by atoms with E-state index in [1.807, 2.05) is 25.1 Å². The first-order valence-corrected chi connectivity index (χ1v) is 9.87. The molecule has 0 bridgehead atoms. The average Bonchev–Trinajstić information content (AvgIpc) is 2.58. The Morgan fingerprint density at radius 3 is 2.58 bits per heavy atom. The summed E-state index contributed by atoms with van der Waals surface area (Å²) in [5, 5.41) is 0.642. The van der Waals surface area contributed by atoms with Gasteiger partial charge in [-0.2, -0.15) is 0 Å². The van der Waals surface area contributed by atoms with Crippen LogP contribution in [0.25, 0.3) is 0 Å². The quantitative estimate of drug-likeness (QED) is 0.421. The molecule has 0 fully saturated rings. The molecule has 6 heteroatoms. The second kappa shape index (κ2) is 8.19. The number of hydrogen-bond donors (Lipinski definition) is 0. The fraction of sp³-hybridized carbons (Fsp3) is 0.444. The van der Waals surface area contributed by atoms with Crippen LogP contribution in [-0.4, -0.2) is 40.6 Å². The normalized spacial score (nSPS) is 23.3. The SMILES string of the molecule is CCOC(=O)[C@H]1CC(C)=CC[C@]1([Se]c1ccc(Cl)cc1)C(=O)OC. The van der Waals surface area contributed by atoms with E-state index >= 15 is 0 Å². The van der Waals surface area contributed by atoms with Crippen LogP contribution < -0.4 is 4.46 Å². The van der Waals surface area contributed by atoms with Crippen molar-refractivity contribution in [1.29, 1.82) is 0 Å². The van der Waals surface area contributed by atoms with Gasteiger partial charge in [0.25, 0.3) is 0 Å². The Balaban J connectivity index is 2.44. The zero-order chi connectivity index (χ0) is 17.7. The Labute approximate surface area is 153 Å². The topological polar surface area (TPSA) is 52.6 Å². The average molecular weight is 416 g/mol. The number of rotatable bonds is 5. The summed E-state index contributed by atoms with van der Waals surface area (Å²) >= 11 is 5.66. The van der Waals surface area contributed by atoms with Crippen molar-refractivity contribution in [3.63, 3.8) is 0 Å². The van der Waals surface area contributed by atoms with Gasteiger partial charge in [0.15, 0.2) is 0 Å². The molecule has 1 aliphatic carbocycles. The molecule has 2 rings (SSSR count). The fourth-order valence-corrected chi connectivity index (χ4v) is 5.77. The molecule has 4 nitrogen and oxygen atoms in total. The van der Waals surface area contributed by atoms with Crippen molar-refractivity contribution in [2.45, 2.75) is 31.0 Å². The summed E-state index contributed by atoms with van der Waals surface area (Å²) in [4.78, 5) is 25.3. The van der Waals surface area contributed by atoms with E-state index in [4.69, 9.17) is 21.1 Å². The second-order valence-electron chi connectivity index (χ2n) is 5.70. The summed E-state index contributed by atoms with van der Waals surface area (Å²) in [6, 6.07) is 7.40. The number of methoxy groups -OCH3 is 1. The molecule has 130 valence electrons. The van der Waals surface area contributed by atoms with Crippen LogP contribution in [0.4, 0.5) is 0 Å². The number of allylic oxidation sites excluding steroid dienone is 2. The first-order valence-electron chi connectivity index (χ1n) is 7.78. The van der Waals surface area contributed by atoms with Gasteiger partial charge >= 0.3 is 154 Å². The summed E-state index contributed by atoms with van der Waals surface area (Å²) in [6.45, 7) is 4.04. The van der Waals surface area contributed by atoms with Crippen LogP contribution in [0.5, 0.6) is 0 Å². The van der Waals surface area contributed by atoms with E-state index in [0.29, 0.717) is 24.5 Å². The summed E-state index contributed by atoms with van der Waals surface area (Å²) in [5.74, 6) is -1.20. The van der Waals surface area contributed by atoms with E-state index in [1.54, 1.807) is 19.1 Å².